The Kier molecular flexibility index (Phi) is 5.84. The van der Waals surface area contributed by atoms with Crippen LogP contribution in [0.25, 0.3) is 0 Å². The average Bonchev–Trinajstić information content (AvgIpc) is 2.75. The van der Waals surface area contributed by atoms with Gasteiger partial charge in [-0.15, -0.1) is 17.0 Å². The number of hydrogen-bond acceptors (Lipinski definition) is 0. The van der Waals surface area contributed by atoms with Crippen molar-refractivity contribution >= 4 is 44.8 Å². The molecule has 0 aromatic heterocycles. The molecule has 0 aliphatic rings. The second kappa shape index (κ2) is 7.99. The summed E-state index contributed by atoms with van der Waals surface area (Å²) in [5, 5.41) is 4.25. The van der Waals surface area contributed by atoms with Gasteiger partial charge in [0.15, 0.2) is 0 Å². The molecule has 4 rings (SSSR count). The zero-order valence-electron chi connectivity index (χ0n) is 15.7. The summed E-state index contributed by atoms with van der Waals surface area (Å²) in [6.07, 6.45) is 0. The van der Waals surface area contributed by atoms with E-state index in [-0.39, 0.29) is 22.8 Å². The van der Waals surface area contributed by atoms with E-state index in [1.807, 2.05) is 66.7 Å². The Morgan fingerprint density at radius 2 is 0.821 bits per heavy atom. The molecular weight excluding hydrogens is 430 g/mol. The van der Waals surface area contributed by atoms with Gasteiger partial charge in [-0.25, -0.2) is 0 Å². The van der Waals surface area contributed by atoms with E-state index in [1.165, 1.54) is 0 Å². The summed E-state index contributed by atoms with van der Waals surface area (Å²) in [6.45, 7) is -0.971. The maximum atomic E-state index is 15.4. The third-order valence-electron chi connectivity index (χ3n) is 5.66. The van der Waals surface area contributed by atoms with Crippen molar-refractivity contribution in [3.8, 4) is 0 Å². The Morgan fingerprint density at radius 1 is 0.500 bits per heavy atom. The van der Waals surface area contributed by atoms with Crippen molar-refractivity contribution in [3.05, 3.63) is 121 Å². The van der Waals surface area contributed by atoms with Crippen LogP contribution in [0.2, 0.25) is 0 Å². The van der Waals surface area contributed by atoms with Crippen LogP contribution in [-0.2, 0) is 0 Å². The molecule has 0 N–H and O–H groups in total. The minimum atomic E-state index is -3.24. The Morgan fingerprint density at radius 3 is 1.18 bits per heavy atom. The number of benzene rings is 4. The van der Waals surface area contributed by atoms with Crippen molar-refractivity contribution in [2.24, 2.45) is 0 Å². The van der Waals surface area contributed by atoms with E-state index in [0.29, 0.717) is 0 Å². The van der Waals surface area contributed by atoms with Crippen LogP contribution in [0.3, 0.4) is 0 Å². The summed E-state index contributed by atoms with van der Waals surface area (Å²) in [6, 6.07) is 38.4. The second-order valence-corrected chi connectivity index (χ2v) is 12.2. The Bertz CT molecular complexity index is 950. The minimum absolute atomic E-state index is 0. The van der Waals surface area contributed by atoms with Gasteiger partial charge >= 0.3 is 160 Å². The van der Waals surface area contributed by atoms with Crippen LogP contribution in [0.1, 0.15) is 0 Å². The van der Waals surface area contributed by atoms with Gasteiger partial charge in [-0.3, -0.25) is 0 Å². The van der Waals surface area contributed by atoms with Gasteiger partial charge in [-0.05, 0) is 0 Å². The standard InChI is InChI=1S/C25H22FP.BrH/c1-27(21-13-5-2-6-14-21,22-15-7-3-8-16-22,23-17-9-4-10-18-23)25-20-12-11-19-24(25)26;/h2-20H,1H3;1H. The predicted molar refractivity (Wildman–Crippen MR) is 127 cm³/mol. The van der Waals surface area contributed by atoms with E-state index >= 15 is 4.39 Å². The fourth-order valence-electron chi connectivity index (χ4n) is 4.17. The van der Waals surface area contributed by atoms with Crippen LogP contribution in [0.4, 0.5) is 4.39 Å². The molecule has 28 heavy (non-hydrogen) atoms. The summed E-state index contributed by atoms with van der Waals surface area (Å²) in [7, 11) is 0. The zero-order valence-corrected chi connectivity index (χ0v) is 18.3. The van der Waals surface area contributed by atoms with Gasteiger partial charge in [0.25, 0.3) is 0 Å². The fraction of sp³-hybridized carbons (Fsp3) is 0.0400. The van der Waals surface area contributed by atoms with Gasteiger partial charge in [-0.1, -0.05) is 0 Å². The van der Waals surface area contributed by atoms with E-state index in [2.05, 4.69) is 43.1 Å². The zero-order chi connectivity index (χ0) is 18.8. The van der Waals surface area contributed by atoms with Crippen LogP contribution in [0.15, 0.2) is 115 Å². The molecule has 142 valence electrons. The van der Waals surface area contributed by atoms with Crippen molar-refractivity contribution in [3.63, 3.8) is 0 Å². The van der Waals surface area contributed by atoms with Gasteiger partial charge in [0, 0.05) is 0 Å². The average molecular weight is 453 g/mol. The first-order chi connectivity index (χ1) is 13.2. The molecule has 4 aromatic rings. The van der Waals surface area contributed by atoms with E-state index in [0.717, 1.165) is 21.2 Å². The fourth-order valence-corrected chi connectivity index (χ4v) is 9.72. The third-order valence-corrected chi connectivity index (χ3v) is 12.0. The molecule has 0 nitrogen and oxygen atoms in total. The van der Waals surface area contributed by atoms with Crippen molar-refractivity contribution in [2.75, 3.05) is 6.66 Å². The molecule has 3 heteroatoms. The van der Waals surface area contributed by atoms with Crippen molar-refractivity contribution < 1.29 is 4.39 Å². The molecule has 0 radical (unpaired) electrons. The summed E-state index contributed by atoms with van der Waals surface area (Å²) < 4.78 is 15.4. The molecule has 0 aliphatic heterocycles. The third kappa shape index (κ3) is 2.92. The number of rotatable bonds is 4. The first-order valence-electron chi connectivity index (χ1n) is 9.09. The van der Waals surface area contributed by atoms with Crippen LogP contribution >= 0.6 is 23.6 Å². The quantitative estimate of drug-likeness (QED) is 0.374. The molecule has 0 atom stereocenters. The second-order valence-electron chi connectivity index (χ2n) is 7.02. The molecule has 0 unspecified atom stereocenters. The monoisotopic (exact) mass is 452 g/mol. The van der Waals surface area contributed by atoms with Crippen molar-refractivity contribution in [1.29, 1.82) is 0 Å². The van der Waals surface area contributed by atoms with Gasteiger partial charge in [0.05, 0.1) is 0 Å². The van der Waals surface area contributed by atoms with E-state index in [9.17, 15) is 0 Å². The Balaban J connectivity index is 0.00000225. The Hall–Kier alpha value is -2.28. The molecule has 0 bridgehead atoms. The summed E-state index contributed by atoms with van der Waals surface area (Å²) in [4.78, 5) is 0. The van der Waals surface area contributed by atoms with Crippen LogP contribution in [-0.4, -0.2) is 6.66 Å². The van der Waals surface area contributed by atoms with Gasteiger partial charge < -0.3 is 0 Å². The normalized spacial score (nSPS) is 12.4. The van der Waals surface area contributed by atoms with Crippen molar-refractivity contribution in [1.82, 2.24) is 0 Å². The van der Waals surface area contributed by atoms with E-state index in [1.54, 1.807) is 12.1 Å². The van der Waals surface area contributed by atoms with E-state index < -0.39 is 6.60 Å². The van der Waals surface area contributed by atoms with Crippen LogP contribution in [0, 0.1) is 5.82 Å². The summed E-state index contributed by atoms with van der Waals surface area (Å²) in [5.74, 6) is -0.158. The first-order valence-corrected chi connectivity index (χ1v) is 11.8. The molecule has 0 amide bonds. The van der Waals surface area contributed by atoms with Gasteiger partial charge in [-0.2, -0.15) is 0 Å². The molecule has 0 saturated heterocycles. The van der Waals surface area contributed by atoms with Crippen LogP contribution < -0.4 is 21.2 Å². The topological polar surface area (TPSA) is 0 Å². The Labute approximate surface area is 176 Å². The van der Waals surface area contributed by atoms with E-state index in [4.69, 9.17) is 0 Å². The predicted octanol–water partition coefficient (Wildman–Crippen LogP) is 5.19. The molecule has 4 aromatic carbocycles. The first kappa shape index (κ1) is 20.5. The molecule has 0 saturated carbocycles. The SMILES string of the molecule is Br.CP(c1ccccc1)(c1ccccc1)(c1ccccc1)c1ccccc1F. The number of hydrogen-bond donors (Lipinski definition) is 0. The molecule has 0 spiro atoms. The molecule has 0 aliphatic carbocycles. The van der Waals surface area contributed by atoms with Crippen LogP contribution in [0.5, 0.6) is 0 Å². The van der Waals surface area contributed by atoms with Gasteiger partial charge in [0.1, 0.15) is 0 Å². The molecule has 0 heterocycles. The molecular formula is C25H23BrFP. The number of halogens is 2. The summed E-state index contributed by atoms with van der Waals surface area (Å²) >= 11 is 0. The van der Waals surface area contributed by atoms with Crippen molar-refractivity contribution in [2.45, 2.75) is 0 Å². The summed E-state index contributed by atoms with van der Waals surface area (Å²) in [5.41, 5.74) is 0. The van der Waals surface area contributed by atoms with Gasteiger partial charge in [0.2, 0.25) is 0 Å². The molecule has 0 fully saturated rings. The maximum absolute atomic E-state index is 15.4.